The molecule has 0 saturated heterocycles. The van der Waals surface area contributed by atoms with Gasteiger partial charge in [-0.2, -0.15) is 0 Å². The van der Waals surface area contributed by atoms with E-state index in [0.717, 1.165) is 28.4 Å². The monoisotopic (exact) mass is 651 g/mol. The minimum absolute atomic E-state index is 1.12. The molecule has 0 atom stereocenters. The summed E-state index contributed by atoms with van der Waals surface area (Å²) in [5.41, 5.74) is 12.8. The first-order chi connectivity index (χ1) is 25.3. The number of hydrogen-bond donors (Lipinski definition) is 0. The van der Waals surface area contributed by atoms with E-state index in [-0.39, 0.29) is 0 Å². The van der Waals surface area contributed by atoms with Gasteiger partial charge in [-0.3, -0.25) is 0 Å². The molecule has 0 bridgehead atoms. The molecule has 10 aromatic rings. The normalized spacial score (nSPS) is 11.5. The van der Waals surface area contributed by atoms with Gasteiger partial charge in [-0.05, 0) is 90.0 Å². The van der Waals surface area contributed by atoms with Crippen LogP contribution in [-0.2, 0) is 0 Å². The van der Waals surface area contributed by atoms with E-state index in [1.165, 1.54) is 54.7 Å². The third kappa shape index (κ3) is 4.82. The summed E-state index contributed by atoms with van der Waals surface area (Å²) >= 11 is 0. The fourth-order valence-electron chi connectivity index (χ4n) is 7.79. The molecule has 0 spiro atoms. The van der Waals surface area contributed by atoms with Crippen LogP contribution in [0, 0.1) is 0 Å². The molecule has 2 aromatic heterocycles. The largest absolute Gasteiger partial charge is 0.311 e. The van der Waals surface area contributed by atoms with Gasteiger partial charge in [0, 0.05) is 50.0 Å². The van der Waals surface area contributed by atoms with Crippen LogP contribution in [0.2, 0.25) is 0 Å². The number of anilines is 3. The molecule has 3 heteroatoms. The molecule has 0 aliphatic rings. The van der Waals surface area contributed by atoms with Crippen molar-refractivity contribution in [3.8, 4) is 22.5 Å². The number of rotatable bonds is 6. The Morgan fingerprint density at radius 3 is 1.31 bits per heavy atom. The first kappa shape index (κ1) is 29.1. The Kier molecular flexibility index (Phi) is 6.81. The molecule has 10 rings (SSSR count). The van der Waals surface area contributed by atoms with E-state index in [2.05, 4.69) is 214 Å². The van der Waals surface area contributed by atoms with Crippen molar-refractivity contribution >= 4 is 60.7 Å². The maximum Gasteiger partial charge on any atom is 0.0561 e. The Labute approximate surface area is 296 Å². The topological polar surface area (TPSA) is 13.1 Å². The number of benzene rings is 8. The Morgan fingerprint density at radius 2 is 0.706 bits per heavy atom. The van der Waals surface area contributed by atoms with Crippen LogP contribution in [-0.4, -0.2) is 9.13 Å². The van der Waals surface area contributed by atoms with Crippen LogP contribution in [0.3, 0.4) is 0 Å². The summed E-state index contributed by atoms with van der Waals surface area (Å²) in [5.74, 6) is 0. The van der Waals surface area contributed by atoms with Crippen LogP contribution in [0.25, 0.3) is 66.1 Å². The third-order valence-corrected chi connectivity index (χ3v) is 10.1. The summed E-state index contributed by atoms with van der Waals surface area (Å²) in [7, 11) is 0. The summed E-state index contributed by atoms with van der Waals surface area (Å²) < 4.78 is 4.82. The second kappa shape index (κ2) is 11.9. The van der Waals surface area contributed by atoms with Crippen LogP contribution < -0.4 is 4.90 Å². The van der Waals surface area contributed by atoms with Crippen LogP contribution in [0.5, 0.6) is 0 Å². The minimum atomic E-state index is 1.12. The van der Waals surface area contributed by atoms with Gasteiger partial charge in [0.2, 0.25) is 0 Å². The van der Waals surface area contributed by atoms with Crippen molar-refractivity contribution in [1.82, 2.24) is 9.13 Å². The van der Waals surface area contributed by atoms with Crippen molar-refractivity contribution in [2.45, 2.75) is 0 Å². The summed E-state index contributed by atoms with van der Waals surface area (Å²) in [5, 5.41) is 5.01. The Bertz CT molecular complexity index is 2740. The van der Waals surface area contributed by atoms with E-state index in [4.69, 9.17) is 0 Å². The van der Waals surface area contributed by atoms with Crippen molar-refractivity contribution in [3.05, 3.63) is 200 Å². The Balaban J connectivity index is 1.13. The summed E-state index contributed by atoms with van der Waals surface area (Å²) in [6.07, 6.45) is 0. The zero-order valence-electron chi connectivity index (χ0n) is 27.9. The van der Waals surface area contributed by atoms with E-state index in [0.29, 0.717) is 0 Å². The maximum absolute atomic E-state index is 2.42. The van der Waals surface area contributed by atoms with Gasteiger partial charge in [0.1, 0.15) is 0 Å². The van der Waals surface area contributed by atoms with Gasteiger partial charge < -0.3 is 14.0 Å². The van der Waals surface area contributed by atoms with Crippen LogP contribution in [0.15, 0.2) is 200 Å². The minimum Gasteiger partial charge on any atom is -0.311 e. The molecule has 0 aliphatic carbocycles. The molecule has 240 valence electrons. The molecule has 51 heavy (non-hydrogen) atoms. The van der Waals surface area contributed by atoms with E-state index in [9.17, 15) is 0 Å². The Morgan fingerprint density at radius 1 is 0.275 bits per heavy atom. The number of nitrogens with zero attached hydrogens (tertiary/aromatic N) is 3. The molecule has 0 N–H and O–H groups in total. The summed E-state index contributed by atoms with van der Waals surface area (Å²) in [4.78, 5) is 2.30. The standard InChI is InChI=1S/C48H33N3/c1-4-14-36(15-5-1)49(37-16-6-2-7-17-37)39-27-24-34(25-28-39)35-26-30-43-44-31-29-40(33-48(44)50(47(43)32-35)38-18-8-3-9-19-38)51-45-22-12-10-20-41(45)42-21-11-13-23-46(42)51/h1-33H. The van der Waals surface area contributed by atoms with Crippen LogP contribution >= 0.6 is 0 Å². The molecule has 2 heterocycles. The molecule has 0 unspecified atom stereocenters. The van der Waals surface area contributed by atoms with Gasteiger partial charge in [-0.15, -0.1) is 0 Å². The van der Waals surface area contributed by atoms with Gasteiger partial charge in [0.05, 0.1) is 22.1 Å². The highest BCUT2D eigenvalue weighted by Gasteiger charge is 2.18. The first-order valence-electron chi connectivity index (χ1n) is 17.4. The van der Waals surface area contributed by atoms with Crippen molar-refractivity contribution in [3.63, 3.8) is 0 Å². The third-order valence-electron chi connectivity index (χ3n) is 10.1. The molecule has 0 fully saturated rings. The van der Waals surface area contributed by atoms with Gasteiger partial charge in [-0.25, -0.2) is 0 Å². The van der Waals surface area contributed by atoms with Crippen molar-refractivity contribution in [2.75, 3.05) is 4.90 Å². The highest BCUT2D eigenvalue weighted by Crippen LogP contribution is 2.39. The highest BCUT2D eigenvalue weighted by molar-refractivity contribution is 6.12. The lowest BCUT2D eigenvalue weighted by Crippen LogP contribution is -2.09. The highest BCUT2D eigenvalue weighted by atomic mass is 15.1. The number of fused-ring (bicyclic) bond motifs is 6. The molecule has 8 aromatic carbocycles. The fraction of sp³-hybridized carbons (Fsp3) is 0. The smallest absolute Gasteiger partial charge is 0.0561 e. The Hall–Kier alpha value is -6.84. The van der Waals surface area contributed by atoms with E-state index >= 15 is 0 Å². The number of para-hydroxylation sites is 5. The SMILES string of the molecule is c1ccc(N(c2ccccc2)c2ccc(-c3ccc4c5ccc(-n6c7ccccc7c7ccccc76)cc5n(-c5ccccc5)c4c3)cc2)cc1. The fourth-order valence-corrected chi connectivity index (χ4v) is 7.79. The second-order valence-corrected chi connectivity index (χ2v) is 13.0. The van der Waals surface area contributed by atoms with E-state index < -0.39 is 0 Å². The molecular formula is C48H33N3. The zero-order chi connectivity index (χ0) is 33.7. The number of aromatic nitrogens is 2. The molecule has 0 aliphatic heterocycles. The number of hydrogen-bond acceptors (Lipinski definition) is 1. The van der Waals surface area contributed by atoms with Gasteiger partial charge in [-0.1, -0.05) is 121 Å². The van der Waals surface area contributed by atoms with Gasteiger partial charge >= 0.3 is 0 Å². The lowest BCUT2D eigenvalue weighted by Gasteiger charge is -2.25. The van der Waals surface area contributed by atoms with Gasteiger partial charge in [0.15, 0.2) is 0 Å². The maximum atomic E-state index is 2.42. The average Bonchev–Trinajstić information content (AvgIpc) is 3.71. The van der Waals surface area contributed by atoms with Crippen molar-refractivity contribution in [1.29, 1.82) is 0 Å². The second-order valence-electron chi connectivity index (χ2n) is 13.0. The summed E-state index contributed by atoms with van der Waals surface area (Å²) in [6.45, 7) is 0. The first-order valence-corrected chi connectivity index (χ1v) is 17.4. The zero-order valence-corrected chi connectivity index (χ0v) is 27.9. The van der Waals surface area contributed by atoms with Crippen molar-refractivity contribution < 1.29 is 0 Å². The van der Waals surface area contributed by atoms with E-state index in [1.807, 2.05) is 0 Å². The predicted molar refractivity (Wildman–Crippen MR) is 215 cm³/mol. The van der Waals surface area contributed by atoms with E-state index in [1.54, 1.807) is 0 Å². The summed E-state index contributed by atoms with van der Waals surface area (Å²) in [6, 6.07) is 72.0. The molecular weight excluding hydrogens is 619 g/mol. The molecule has 3 nitrogen and oxygen atoms in total. The van der Waals surface area contributed by atoms with Crippen molar-refractivity contribution in [2.24, 2.45) is 0 Å². The van der Waals surface area contributed by atoms with Crippen LogP contribution in [0.1, 0.15) is 0 Å². The lowest BCUT2D eigenvalue weighted by molar-refractivity contribution is 1.15. The molecule has 0 amide bonds. The average molecular weight is 652 g/mol. The molecule has 0 saturated carbocycles. The van der Waals surface area contributed by atoms with Crippen LogP contribution in [0.4, 0.5) is 17.1 Å². The predicted octanol–water partition coefficient (Wildman–Crippen LogP) is 13.0. The van der Waals surface area contributed by atoms with Gasteiger partial charge in [0.25, 0.3) is 0 Å². The quantitative estimate of drug-likeness (QED) is 0.174. The lowest BCUT2D eigenvalue weighted by atomic mass is 10.0. The molecule has 0 radical (unpaired) electrons.